The minimum atomic E-state index is -4.52. The lowest BCUT2D eigenvalue weighted by molar-refractivity contribution is -0.137. The SMILES string of the molecule is O=C(CSc1nnc(-c2ccncc2)o1)Nc1cc(C(F)(F)F)ccc1N1CCOCC1. The van der Waals surface area contributed by atoms with Crippen LogP contribution in [0.4, 0.5) is 24.5 Å². The maximum Gasteiger partial charge on any atom is 0.416 e. The Hall–Kier alpha value is -3.12. The molecule has 1 aliphatic rings. The predicted molar refractivity (Wildman–Crippen MR) is 111 cm³/mol. The van der Waals surface area contributed by atoms with Crippen molar-refractivity contribution in [1.82, 2.24) is 15.2 Å². The molecular formula is C20H18F3N5O3S. The standard InChI is InChI=1S/C20H18F3N5O3S/c21-20(22,23)14-1-2-16(28-7-9-30-10-8-28)15(11-14)25-17(29)12-32-19-27-26-18(31-19)13-3-5-24-6-4-13/h1-6,11H,7-10,12H2,(H,25,29). The van der Waals surface area contributed by atoms with Gasteiger partial charge in [-0.1, -0.05) is 11.8 Å². The van der Waals surface area contributed by atoms with Gasteiger partial charge in [0, 0.05) is 31.0 Å². The second-order valence-corrected chi connectivity index (χ2v) is 7.70. The fourth-order valence-corrected chi connectivity index (χ4v) is 3.65. The van der Waals surface area contributed by atoms with Gasteiger partial charge >= 0.3 is 6.18 Å². The van der Waals surface area contributed by atoms with Crippen LogP contribution in [0, 0.1) is 0 Å². The molecule has 0 atom stereocenters. The van der Waals surface area contributed by atoms with Crippen LogP contribution in [-0.2, 0) is 15.7 Å². The second kappa shape index (κ2) is 9.57. The van der Waals surface area contributed by atoms with E-state index >= 15 is 0 Å². The first-order valence-corrected chi connectivity index (χ1v) is 10.6. The van der Waals surface area contributed by atoms with E-state index in [-0.39, 0.29) is 22.6 Å². The smallest absolute Gasteiger partial charge is 0.411 e. The largest absolute Gasteiger partial charge is 0.416 e. The number of hydrogen-bond acceptors (Lipinski definition) is 8. The van der Waals surface area contributed by atoms with Crippen molar-refractivity contribution in [3.63, 3.8) is 0 Å². The minimum Gasteiger partial charge on any atom is -0.411 e. The number of amides is 1. The number of nitrogens with zero attached hydrogens (tertiary/aromatic N) is 4. The average molecular weight is 465 g/mol. The quantitative estimate of drug-likeness (QED) is 0.551. The summed E-state index contributed by atoms with van der Waals surface area (Å²) in [4.78, 5) is 18.3. The Morgan fingerprint density at radius 1 is 1.12 bits per heavy atom. The molecule has 3 aromatic rings. The minimum absolute atomic E-state index is 0.0929. The Balaban J connectivity index is 1.45. The second-order valence-electron chi connectivity index (χ2n) is 6.77. The van der Waals surface area contributed by atoms with Gasteiger partial charge in [0.2, 0.25) is 11.8 Å². The fourth-order valence-electron chi connectivity index (χ4n) is 3.09. The van der Waals surface area contributed by atoms with Gasteiger partial charge in [-0.25, -0.2) is 0 Å². The Bertz CT molecular complexity index is 1070. The van der Waals surface area contributed by atoms with E-state index in [9.17, 15) is 18.0 Å². The van der Waals surface area contributed by atoms with Crippen LogP contribution in [0.2, 0.25) is 0 Å². The summed E-state index contributed by atoms with van der Waals surface area (Å²) < 4.78 is 50.4. The molecule has 2 aromatic heterocycles. The van der Waals surface area contributed by atoms with Crippen molar-refractivity contribution >= 4 is 29.0 Å². The van der Waals surface area contributed by atoms with Crippen LogP contribution < -0.4 is 10.2 Å². The van der Waals surface area contributed by atoms with Crippen LogP contribution in [0.5, 0.6) is 0 Å². The van der Waals surface area contributed by atoms with E-state index in [1.165, 1.54) is 6.07 Å². The van der Waals surface area contributed by atoms with E-state index in [1.807, 2.05) is 4.90 Å². The number of benzene rings is 1. The Labute approximate surface area is 185 Å². The molecule has 0 bridgehead atoms. The van der Waals surface area contributed by atoms with Crippen molar-refractivity contribution in [3.05, 3.63) is 48.3 Å². The Morgan fingerprint density at radius 3 is 2.59 bits per heavy atom. The normalized spacial score (nSPS) is 14.4. The van der Waals surface area contributed by atoms with Crippen LogP contribution in [0.25, 0.3) is 11.5 Å². The van der Waals surface area contributed by atoms with Gasteiger partial charge < -0.3 is 19.4 Å². The summed E-state index contributed by atoms with van der Waals surface area (Å²) in [5, 5.41) is 10.6. The van der Waals surface area contributed by atoms with Crippen molar-refractivity contribution in [2.75, 3.05) is 42.3 Å². The number of anilines is 2. The third kappa shape index (κ3) is 5.37. The van der Waals surface area contributed by atoms with E-state index in [0.717, 1.165) is 23.9 Å². The lowest BCUT2D eigenvalue weighted by Gasteiger charge is -2.31. The number of carbonyl (C=O) groups excluding carboxylic acids is 1. The van der Waals surface area contributed by atoms with E-state index in [2.05, 4.69) is 20.5 Å². The van der Waals surface area contributed by atoms with Gasteiger partial charge in [0.1, 0.15) is 0 Å². The number of ether oxygens (including phenoxy) is 1. The molecule has 0 aliphatic carbocycles. The molecule has 0 spiro atoms. The molecule has 1 saturated heterocycles. The lowest BCUT2D eigenvalue weighted by Crippen LogP contribution is -2.37. The number of thioether (sulfide) groups is 1. The lowest BCUT2D eigenvalue weighted by atomic mass is 10.1. The third-order valence-electron chi connectivity index (χ3n) is 4.61. The Morgan fingerprint density at radius 2 is 1.88 bits per heavy atom. The van der Waals surface area contributed by atoms with E-state index in [1.54, 1.807) is 24.5 Å². The van der Waals surface area contributed by atoms with Crippen molar-refractivity contribution in [2.45, 2.75) is 11.4 Å². The molecule has 12 heteroatoms. The summed E-state index contributed by atoms with van der Waals surface area (Å²) >= 11 is 0.991. The molecule has 0 unspecified atom stereocenters. The molecule has 32 heavy (non-hydrogen) atoms. The zero-order chi connectivity index (χ0) is 22.6. The molecule has 1 fully saturated rings. The van der Waals surface area contributed by atoms with Crippen molar-refractivity contribution in [1.29, 1.82) is 0 Å². The molecule has 0 saturated carbocycles. The molecule has 4 rings (SSSR count). The number of hydrogen-bond donors (Lipinski definition) is 1. The van der Waals surface area contributed by atoms with Gasteiger partial charge in [-0.3, -0.25) is 9.78 Å². The van der Waals surface area contributed by atoms with E-state index in [0.29, 0.717) is 37.6 Å². The number of morpholine rings is 1. The molecule has 3 heterocycles. The zero-order valence-corrected chi connectivity index (χ0v) is 17.4. The first-order chi connectivity index (χ1) is 15.4. The monoisotopic (exact) mass is 465 g/mol. The number of rotatable bonds is 6. The maximum absolute atomic E-state index is 13.2. The first kappa shape index (κ1) is 22.1. The van der Waals surface area contributed by atoms with Gasteiger partial charge in [-0.2, -0.15) is 13.2 Å². The molecule has 1 aromatic carbocycles. The summed E-state index contributed by atoms with van der Waals surface area (Å²) in [6, 6.07) is 6.73. The molecule has 1 aliphatic heterocycles. The number of halogens is 3. The highest BCUT2D eigenvalue weighted by Gasteiger charge is 2.32. The van der Waals surface area contributed by atoms with Crippen LogP contribution >= 0.6 is 11.8 Å². The summed E-state index contributed by atoms with van der Waals surface area (Å²) in [6.07, 6.45) is -1.35. The number of alkyl halides is 3. The molecule has 8 nitrogen and oxygen atoms in total. The first-order valence-electron chi connectivity index (χ1n) is 9.60. The van der Waals surface area contributed by atoms with Crippen LogP contribution in [0.1, 0.15) is 5.56 Å². The molecular weight excluding hydrogens is 447 g/mol. The number of nitrogens with one attached hydrogen (secondary N) is 1. The highest BCUT2D eigenvalue weighted by molar-refractivity contribution is 7.99. The third-order valence-corrected chi connectivity index (χ3v) is 5.43. The van der Waals surface area contributed by atoms with Crippen LogP contribution in [0.15, 0.2) is 52.4 Å². The highest BCUT2D eigenvalue weighted by Crippen LogP contribution is 2.36. The summed E-state index contributed by atoms with van der Waals surface area (Å²) in [5.74, 6) is -0.327. The summed E-state index contributed by atoms with van der Waals surface area (Å²) in [5.41, 5.74) is 0.451. The molecule has 1 N–H and O–H groups in total. The summed E-state index contributed by atoms with van der Waals surface area (Å²) in [7, 11) is 0. The number of pyridine rings is 1. The van der Waals surface area contributed by atoms with Gasteiger partial charge in [-0.05, 0) is 30.3 Å². The van der Waals surface area contributed by atoms with Crippen molar-refractivity contribution < 1.29 is 27.1 Å². The van der Waals surface area contributed by atoms with Crippen molar-refractivity contribution in [3.8, 4) is 11.5 Å². The van der Waals surface area contributed by atoms with E-state index < -0.39 is 17.6 Å². The van der Waals surface area contributed by atoms with Gasteiger partial charge in [0.15, 0.2) is 0 Å². The molecule has 1 amide bonds. The van der Waals surface area contributed by atoms with E-state index in [4.69, 9.17) is 9.15 Å². The maximum atomic E-state index is 13.2. The molecule has 0 radical (unpaired) electrons. The van der Waals surface area contributed by atoms with Crippen molar-refractivity contribution in [2.24, 2.45) is 0 Å². The fraction of sp³-hybridized carbons (Fsp3) is 0.300. The topological polar surface area (TPSA) is 93.4 Å². The van der Waals surface area contributed by atoms with Gasteiger partial charge in [0.25, 0.3) is 5.22 Å². The van der Waals surface area contributed by atoms with Gasteiger partial charge in [-0.15, -0.1) is 10.2 Å². The number of aromatic nitrogens is 3. The Kier molecular flexibility index (Phi) is 6.61. The van der Waals surface area contributed by atoms with Crippen LogP contribution in [-0.4, -0.2) is 53.1 Å². The van der Waals surface area contributed by atoms with Crippen LogP contribution in [0.3, 0.4) is 0 Å². The highest BCUT2D eigenvalue weighted by atomic mass is 32.2. The summed E-state index contributed by atoms with van der Waals surface area (Å²) in [6.45, 7) is 1.95. The van der Waals surface area contributed by atoms with Gasteiger partial charge in [0.05, 0.1) is 35.9 Å². The zero-order valence-electron chi connectivity index (χ0n) is 16.6. The molecule has 168 valence electrons. The number of carbonyl (C=O) groups is 1. The average Bonchev–Trinajstić information content (AvgIpc) is 3.27. The predicted octanol–water partition coefficient (Wildman–Crippen LogP) is 3.72.